The summed E-state index contributed by atoms with van der Waals surface area (Å²) < 4.78 is 5.75. The summed E-state index contributed by atoms with van der Waals surface area (Å²) in [6.45, 7) is 13.4. The van der Waals surface area contributed by atoms with Crippen LogP contribution < -0.4 is 4.74 Å². The fraction of sp³-hybridized carbons (Fsp3) is 0.462. The lowest BCUT2D eigenvalue weighted by molar-refractivity contribution is -0.137. The van der Waals surface area contributed by atoms with E-state index in [4.69, 9.17) is 4.74 Å². The molecule has 1 atom stereocenters. The Balaban J connectivity index is 2.49. The molecule has 0 aromatic heterocycles. The van der Waals surface area contributed by atoms with Crippen LogP contribution in [0.1, 0.15) is 70.6 Å². The molecule has 4 nitrogen and oxygen atoms in total. The third-order valence-corrected chi connectivity index (χ3v) is 5.40. The van der Waals surface area contributed by atoms with Gasteiger partial charge in [0.25, 0.3) is 0 Å². The van der Waals surface area contributed by atoms with Crippen molar-refractivity contribution in [2.45, 2.75) is 66.0 Å². The third kappa shape index (κ3) is 6.18. The number of hydrogen-bond acceptors (Lipinski definition) is 4. The molecule has 2 rings (SSSR count). The molecule has 0 unspecified atom stereocenters. The van der Waals surface area contributed by atoms with Crippen LogP contribution in [0.2, 0.25) is 0 Å². The molecule has 0 bridgehead atoms. The highest BCUT2D eigenvalue weighted by Gasteiger charge is 2.24. The molecular formula is C26H34N2O2. The van der Waals surface area contributed by atoms with Crippen molar-refractivity contribution in [3.05, 3.63) is 65.2 Å². The van der Waals surface area contributed by atoms with Crippen LogP contribution in [-0.4, -0.2) is 29.5 Å². The first kappa shape index (κ1) is 23.6. The summed E-state index contributed by atoms with van der Waals surface area (Å²) in [4.78, 5) is 14.8. The number of esters is 1. The summed E-state index contributed by atoms with van der Waals surface area (Å²) in [6, 6.07) is 18.7. The maximum atomic E-state index is 12.3. The van der Waals surface area contributed by atoms with E-state index in [1.807, 2.05) is 38.1 Å². The van der Waals surface area contributed by atoms with Gasteiger partial charge >= 0.3 is 5.97 Å². The Hall–Kier alpha value is -2.64. The molecule has 0 radical (unpaired) electrons. The summed E-state index contributed by atoms with van der Waals surface area (Å²) in [6.07, 6.45) is 0.863. The molecule has 0 fully saturated rings. The molecule has 2 aromatic carbocycles. The van der Waals surface area contributed by atoms with Crippen LogP contribution in [0.5, 0.6) is 5.75 Å². The number of carbonyl (C=O) groups is 1. The van der Waals surface area contributed by atoms with E-state index in [2.05, 4.69) is 50.8 Å². The minimum Gasteiger partial charge on any atom is -0.426 e. The van der Waals surface area contributed by atoms with Crippen LogP contribution >= 0.6 is 0 Å². The molecular weight excluding hydrogens is 372 g/mol. The van der Waals surface area contributed by atoms with Crippen molar-refractivity contribution in [3.8, 4) is 11.8 Å². The minimum absolute atomic E-state index is 0.0227. The third-order valence-electron chi connectivity index (χ3n) is 5.40. The topological polar surface area (TPSA) is 53.3 Å². The van der Waals surface area contributed by atoms with Gasteiger partial charge in [-0.15, -0.1) is 0 Å². The average molecular weight is 407 g/mol. The fourth-order valence-electron chi connectivity index (χ4n) is 3.79. The molecule has 160 valence electrons. The monoisotopic (exact) mass is 406 g/mol. The van der Waals surface area contributed by atoms with Gasteiger partial charge in [0.05, 0.1) is 17.6 Å². The zero-order chi connectivity index (χ0) is 22.3. The number of benzene rings is 2. The smallest absolute Gasteiger partial charge is 0.313 e. The maximum absolute atomic E-state index is 12.3. The molecule has 4 heteroatoms. The van der Waals surface area contributed by atoms with Gasteiger partial charge in [-0.3, -0.25) is 9.69 Å². The van der Waals surface area contributed by atoms with Crippen molar-refractivity contribution in [1.29, 1.82) is 5.26 Å². The van der Waals surface area contributed by atoms with E-state index in [1.54, 1.807) is 12.1 Å². The number of ether oxygens (including phenoxy) is 1. The predicted octanol–water partition coefficient (Wildman–Crippen LogP) is 5.76. The van der Waals surface area contributed by atoms with E-state index < -0.39 is 0 Å². The molecule has 0 saturated carbocycles. The molecule has 0 aliphatic rings. The van der Waals surface area contributed by atoms with E-state index in [0.717, 1.165) is 24.1 Å². The number of hydrogen-bond donors (Lipinski definition) is 0. The van der Waals surface area contributed by atoms with Crippen molar-refractivity contribution in [2.75, 3.05) is 6.54 Å². The SMILES string of the molecule is CC(C)C(=O)Oc1ccc(C#N)cc1[C@H](CCN(C(C)C)C(C)C)c1ccccc1. The summed E-state index contributed by atoms with van der Waals surface area (Å²) in [7, 11) is 0. The van der Waals surface area contributed by atoms with Crippen LogP contribution in [0.25, 0.3) is 0 Å². The molecule has 30 heavy (non-hydrogen) atoms. The Bertz CT molecular complexity index is 858. The van der Waals surface area contributed by atoms with Gasteiger partial charge in [0.2, 0.25) is 0 Å². The van der Waals surface area contributed by atoms with Crippen molar-refractivity contribution >= 4 is 5.97 Å². The van der Waals surface area contributed by atoms with Crippen LogP contribution in [0, 0.1) is 17.2 Å². The Morgan fingerprint density at radius 2 is 1.63 bits per heavy atom. The van der Waals surface area contributed by atoms with Gasteiger partial charge < -0.3 is 4.74 Å². The zero-order valence-corrected chi connectivity index (χ0v) is 19.1. The molecule has 0 amide bonds. The highest BCUT2D eigenvalue weighted by atomic mass is 16.5. The first-order valence-electron chi connectivity index (χ1n) is 10.8. The van der Waals surface area contributed by atoms with Gasteiger partial charge in [0.1, 0.15) is 5.75 Å². The van der Waals surface area contributed by atoms with Gasteiger partial charge in [0, 0.05) is 23.6 Å². The van der Waals surface area contributed by atoms with E-state index in [1.165, 1.54) is 0 Å². The molecule has 0 heterocycles. The zero-order valence-electron chi connectivity index (χ0n) is 19.1. The van der Waals surface area contributed by atoms with Gasteiger partial charge in [0.15, 0.2) is 0 Å². The average Bonchev–Trinajstić information content (AvgIpc) is 2.71. The van der Waals surface area contributed by atoms with E-state index in [0.29, 0.717) is 23.4 Å². The normalized spacial score (nSPS) is 12.4. The molecule has 0 saturated heterocycles. The Labute approximate surface area is 181 Å². The molecule has 0 spiro atoms. The van der Waals surface area contributed by atoms with Gasteiger partial charge in [-0.1, -0.05) is 44.2 Å². The first-order valence-corrected chi connectivity index (χ1v) is 10.8. The maximum Gasteiger partial charge on any atom is 0.313 e. The first-order chi connectivity index (χ1) is 14.2. The Morgan fingerprint density at radius 1 is 1.00 bits per heavy atom. The number of rotatable bonds is 9. The second-order valence-corrected chi connectivity index (χ2v) is 8.62. The fourth-order valence-corrected chi connectivity index (χ4v) is 3.79. The highest BCUT2D eigenvalue weighted by molar-refractivity contribution is 5.75. The van der Waals surface area contributed by atoms with E-state index in [-0.39, 0.29) is 17.8 Å². The summed E-state index contributed by atoms with van der Waals surface area (Å²) in [5.41, 5.74) is 2.61. The standard InChI is InChI=1S/C26H34N2O2/c1-18(2)26(29)30-25-13-12-21(17-27)16-24(25)23(22-10-8-7-9-11-22)14-15-28(19(3)4)20(5)6/h7-13,16,18-20,23H,14-15H2,1-6H3/t23-/m1/s1. The van der Waals surface area contributed by atoms with Crippen molar-refractivity contribution in [2.24, 2.45) is 5.92 Å². The highest BCUT2D eigenvalue weighted by Crippen LogP contribution is 2.36. The largest absolute Gasteiger partial charge is 0.426 e. The summed E-state index contributed by atoms with van der Waals surface area (Å²) in [5, 5.41) is 9.47. The van der Waals surface area contributed by atoms with Crippen LogP contribution in [-0.2, 0) is 4.79 Å². The lowest BCUT2D eigenvalue weighted by Gasteiger charge is -2.32. The van der Waals surface area contributed by atoms with Gasteiger partial charge in [-0.25, -0.2) is 0 Å². The summed E-state index contributed by atoms with van der Waals surface area (Å²) >= 11 is 0. The quantitative estimate of drug-likeness (QED) is 0.392. The number of nitriles is 1. The molecule has 0 aliphatic carbocycles. The lowest BCUT2D eigenvalue weighted by atomic mass is 9.86. The van der Waals surface area contributed by atoms with Crippen LogP contribution in [0.15, 0.2) is 48.5 Å². The van der Waals surface area contributed by atoms with Crippen LogP contribution in [0.3, 0.4) is 0 Å². The number of carbonyl (C=O) groups excluding carboxylic acids is 1. The molecule has 0 aliphatic heterocycles. The Kier molecular flexibility index (Phi) is 8.62. The van der Waals surface area contributed by atoms with Crippen molar-refractivity contribution < 1.29 is 9.53 Å². The van der Waals surface area contributed by atoms with Crippen molar-refractivity contribution in [3.63, 3.8) is 0 Å². The molecule has 0 N–H and O–H groups in total. The second-order valence-electron chi connectivity index (χ2n) is 8.62. The second kappa shape index (κ2) is 10.9. The predicted molar refractivity (Wildman–Crippen MR) is 122 cm³/mol. The van der Waals surface area contributed by atoms with E-state index >= 15 is 0 Å². The Morgan fingerprint density at radius 3 is 2.17 bits per heavy atom. The van der Waals surface area contributed by atoms with Crippen molar-refractivity contribution in [1.82, 2.24) is 4.90 Å². The lowest BCUT2D eigenvalue weighted by Crippen LogP contribution is -2.38. The minimum atomic E-state index is -0.265. The van der Waals surface area contributed by atoms with Gasteiger partial charge in [-0.05, 0) is 64.4 Å². The van der Waals surface area contributed by atoms with Gasteiger partial charge in [-0.2, -0.15) is 5.26 Å². The summed E-state index contributed by atoms with van der Waals surface area (Å²) in [5.74, 6) is 0.0801. The van der Waals surface area contributed by atoms with E-state index in [9.17, 15) is 10.1 Å². The number of nitrogens with zero attached hydrogens (tertiary/aromatic N) is 2. The van der Waals surface area contributed by atoms with Crippen LogP contribution in [0.4, 0.5) is 0 Å². The molecule has 2 aromatic rings.